The van der Waals surface area contributed by atoms with E-state index in [1.807, 2.05) is 19.9 Å². The fraction of sp³-hybridized carbons (Fsp3) is 0.700. The van der Waals surface area contributed by atoms with Crippen LogP contribution < -0.4 is 9.47 Å². The Hall–Kier alpha value is -1.46. The van der Waals surface area contributed by atoms with Gasteiger partial charge in [-0.15, -0.1) is 0 Å². The molecule has 4 aliphatic rings. The van der Waals surface area contributed by atoms with Crippen molar-refractivity contribution in [2.75, 3.05) is 13.2 Å². The maximum Gasteiger partial charge on any atom is 0.211 e. The van der Waals surface area contributed by atoms with Crippen LogP contribution in [0.15, 0.2) is 6.07 Å². The first-order chi connectivity index (χ1) is 11.8. The zero-order chi connectivity index (χ0) is 17.6. The second-order valence-corrected chi connectivity index (χ2v) is 8.61. The first-order valence-corrected chi connectivity index (χ1v) is 9.34. The largest absolute Gasteiger partial charge is 0.507 e. The highest BCUT2D eigenvalue weighted by atomic mass is 16.7. The van der Waals surface area contributed by atoms with Crippen molar-refractivity contribution in [2.24, 2.45) is 23.7 Å². The quantitative estimate of drug-likeness (QED) is 0.781. The lowest BCUT2D eigenvalue weighted by atomic mass is 9.79. The summed E-state index contributed by atoms with van der Waals surface area (Å²) in [4.78, 5) is 0. The summed E-state index contributed by atoms with van der Waals surface area (Å²) >= 11 is 0. The van der Waals surface area contributed by atoms with Crippen LogP contribution in [0.4, 0.5) is 0 Å². The Morgan fingerprint density at radius 1 is 0.880 bits per heavy atom. The van der Waals surface area contributed by atoms with Crippen molar-refractivity contribution in [1.82, 2.24) is 0 Å². The van der Waals surface area contributed by atoms with Crippen LogP contribution in [0.3, 0.4) is 0 Å². The lowest BCUT2D eigenvalue weighted by Gasteiger charge is -2.41. The Morgan fingerprint density at radius 2 is 1.32 bits per heavy atom. The van der Waals surface area contributed by atoms with E-state index >= 15 is 0 Å². The van der Waals surface area contributed by atoms with Gasteiger partial charge in [-0.05, 0) is 24.7 Å². The molecule has 1 N–H and O–H groups in total. The topological polar surface area (TPSA) is 57.2 Å². The summed E-state index contributed by atoms with van der Waals surface area (Å²) in [5, 5.41) is 11.0. The van der Waals surface area contributed by atoms with E-state index < -0.39 is 11.6 Å². The lowest BCUT2D eigenvalue weighted by Crippen LogP contribution is -2.45. The average molecular weight is 346 g/mol. The molecule has 2 fully saturated rings. The van der Waals surface area contributed by atoms with Crippen LogP contribution in [-0.2, 0) is 22.3 Å². The summed E-state index contributed by atoms with van der Waals surface area (Å²) in [6.07, 6.45) is 1.56. The van der Waals surface area contributed by atoms with Crippen molar-refractivity contribution in [2.45, 2.75) is 52.1 Å². The molecule has 0 aliphatic carbocycles. The molecule has 0 amide bonds. The molecular formula is C20H26O5. The predicted molar refractivity (Wildman–Crippen MR) is 90.8 cm³/mol. The molecule has 4 aliphatic heterocycles. The molecule has 5 heteroatoms. The molecule has 2 saturated heterocycles. The van der Waals surface area contributed by atoms with Gasteiger partial charge in [-0.2, -0.15) is 0 Å². The summed E-state index contributed by atoms with van der Waals surface area (Å²) in [7, 11) is 0. The first-order valence-electron chi connectivity index (χ1n) is 9.34. The van der Waals surface area contributed by atoms with Gasteiger partial charge in [-0.25, -0.2) is 0 Å². The molecule has 0 radical (unpaired) electrons. The van der Waals surface area contributed by atoms with Gasteiger partial charge in [0, 0.05) is 42.9 Å². The van der Waals surface area contributed by atoms with E-state index in [1.165, 1.54) is 0 Å². The fourth-order valence-corrected chi connectivity index (χ4v) is 5.22. The molecule has 0 unspecified atom stereocenters. The number of rotatable bonds is 0. The van der Waals surface area contributed by atoms with Gasteiger partial charge in [-0.3, -0.25) is 0 Å². The van der Waals surface area contributed by atoms with Crippen molar-refractivity contribution in [1.29, 1.82) is 0 Å². The molecule has 5 nitrogen and oxygen atoms in total. The van der Waals surface area contributed by atoms with Crippen LogP contribution in [0.2, 0.25) is 0 Å². The zero-order valence-electron chi connectivity index (χ0n) is 15.3. The predicted octanol–water partition coefficient (Wildman–Crippen LogP) is 3.26. The van der Waals surface area contributed by atoms with Gasteiger partial charge in [0.2, 0.25) is 11.6 Å². The normalized spacial score (nSPS) is 44.2. The maximum atomic E-state index is 11.0. The Morgan fingerprint density at radius 3 is 1.76 bits per heavy atom. The van der Waals surface area contributed by atoms with E-state index in [2.05, 4.69) is 13.8 Å². The van der Waals surface area contributed by atoms with Crippen molar-refractivity contribution in [3.8, 4) is 17.2 Å². The number of fused-ring (bicyclic) bond motifs is 4. The van der Waals surface area contributed by atoms with E-state index in [-0.39, 0.29) is 11.8 Å². The number of aromatic hydroxyl groups is 1. The molecule has 25 heavy (non-hydrogen) atoms. The fourth-order valence-electron chi connectivity index (χ4n) is 5.22. The number of hydrogen-bond acceptors (Lipinski definition) is 5. The minimum absolute atomic E-state index is 0.257. The monoisotopic (exact) mass is 346 g/mol. The molecule has 5 rings (SSSR count). The standard InChI is InChI=1S/C20H26O5/c1-10-8-22-19(3)14(10)5-12-16(24-19)7-17-13(18(12)21)6-15-11(2)9-23-20(15,4)25-17/h7,10-11,14-15,21H,5-6,8-9H2,1-4H3/t10-,11-,14+,15+,19+,20+/m0/s1. The summed E-state index contributed by atoms with van der Waals surface area (Å²) in [6.45, 7) is 9.76. The molecule has 6 atom stereocenters. The summed E-state index contributed by atoms with van der Waals surface area (Å²) in [5.74, 6) is 1.80. The van der Waals surface area contributed by atoms with E-state index in [1.54, 1.807) is 0 Å². The highest BCUT2D eigenvalue weighted by Gasteiger charge is 2.53. The minimum Gasteiger partial charge on any atom is -0.507 e. The molecule has 0 aromatic heterocycles. The Balaban J connectivity index is 1.59. The van der Waals surface area contributed by atoms with Crippen molar-refractivity contribution in [3.63, 3.8) is 0 Å². The third-order valence-corrected chi connectivity index (χ3v) is 6.89. The molecule has 136 valence electrons. The molecule has 1 aromatic carbocycles. The molecule has 0 bridgehead atoms. The molecule has 0 saturated carbocycles. The van der Waals surface area contributed by atoms with Gasteiger partial charge >= 0.3 is 0 Å². The van der Waals surface area contributed by atoms with Gasteiger partial charge in [0.25, 0.3) is 0 Å². The van der Waals surface area contributed by atoms with Crippen LogP contribution in [-0.4, -0.2) is 29.9 Å². The van der Waals surface area contributed by atoms with Gasteiger partial charge in [0.15, 0.2) is 0 Å². The van der Waals surface area contributed by atoms with Crippen LogP contribution in [0.5, 0.6) is 17.2 Å². The molecule has 1 aromatic rings. The number of hydrogen-bond donors (Lipinski definition) is 1. The number of benzene rings is 1. The van der Waals surface area contributed by atoms with Gasteiger partial charge < -0.3 is 24.1 Å². The van der Waals surface area contributed by atoms with Gasteiger partial charge in [0.1, 0.15) is 17.2 Å². The molecule has 4 heterocycles. The Labute approximate surface area is 148 Å². The molecular weight excluding hydrogens is 320 g/mol. The number of phenolic OH excluding ortho intramolecular Hbond substituents is 1. The highest BCUT2D eigenvalue weighted by Crippen LogP contribution is 2.54. The Bertz CT molecular complexity index is 688. The Kier molecular flexibility index (Phi) is 3.05. The van der Waals surface area contributed by atoms with Crippen molar-refractivity contribution in [3.05, 3.63) is 17.2 Å². The van der Waals surface area contributed by atoms with Gasteiger partial charge in [0.05, 0.1) is 13.2 Å². The maximum absolute atomic E-state index is 11.0. The average Bonchev–Trinajstić information content (AvgIpc) is 3.01. The second-order valence-electron chi connectivity index (χ2n) is 8.61. The number of phenols is 1. The summed E-state index contributed by atoms with van der Waals surface area (Å²) in [5.41, 5.74) is 1.80. The zero-order valence-corrected chi connectivity index (χ0v) is 15.3. The van der Waals surface area contributed by atoms with E-state index in [4.69, 9.17) is 18.9 Å². The van der Waals surface area contributed by atoms with Crippen LogP contribution in [0.1, 0.15) is 38.8 Å². The van der Waals surface area contributed by atoms with E-state index in [9.17, 15) is 5.11 Å². The van der Waals surface area contributed by atoms with Gasteiger partial charge in [-0.1, -0.05) is 13.8 Å². The van der Waals surface area contributed by atoms with Crippen LogP contribution >= 0.6 is 0 Å². The third kappa shape index (κ3) is 2.02. The van der Waals surface area contributed by atoms with Crippen LogP contribution in [0.25, 0.3) is 0 Å². The first kappa shape index (κ1) is 15.8. The molecule has 0 spiro atoms. The summed E-state index contributed by atoms with van der Waals surface area (Å²) < 4.78 is 24.3. The van der Waals surface area contributed by atoms with Crippen molar-refractivity contribution >= 4 is 0 Å². The smallest absolute Gasteiger partial charge is 0.211 e. The highest BCUT2D eigenvalue weighted by molar-refractivity contribution is 5.59. The lowest BCUT2D eigenvalue weighted by molar-refractivity contribution is -0.170. The number of ether oxygens (including phenoxy) is 4. The van der Waals surface area contributed by atoms with Crippen molar-refractivity contribution < 1.29 is 24.1 Å². The SMILES string of the molecule is C[C@H]1CO[C@]2(C)Oc3cc4c(c(O)c3C[C@H]12)C[C@@H]1[C@@H](C)CO[C@]1(C)O4. The third-order valence-electron chi connectivity index (χ3n) is 6.89. The van der Waals surface area contributed by atoms with E-state index in [0.717, 1.165) is 24.0 Å². The van der Waals surface area contributed by atoms with Crippen LogP contribution in [0, 0.1) is 23.7 Å². The second kappa shape index (κ2) is 4.83. The van der Waals surface area contributed by atoms with E-state index in [0.29, 0.717) is 42.3 Å². The summed E-state index contributed by atoms with van der Waals surface area (Å²) in [6, 6.07) is 1.92. The minimum atomic E-state index is -0.618.